The molecule has 0 aromatic carbocycles. The number of nitrogens with two attached hydrogens (primary N) is 1. The summed E-state index contributed by atoms with van der Waals surface area (Å²) in [5.74, 6) is 0.897. The predicted octanol–water partition coefficient (Wildman–Crippen LogP) is 2.78. The van der Waals surface area contributed by atoms with E-state index in [2.05, 4.69) is 18.7 Å². The van der Waals surface area contributed by atoms with Crippen LogP contribution in [0.25, 0.3) is 0 Å². The molecule has 0 aromatic rings. The standard InChI is InChI=1S/C16H32N2O/c1-3-6-13-8-9-15(17)16(11-13)18(4-2)12-14-7-5-10-19-14/h13-16H,3-12,17H2,1-2H3. The summed E-state index contributed by atoms with van der Waals surface area (Å²) in [5.41, 5.74) is 6.41. The first-order valence-corrected chi connectivity index (χ1v) is 8.35. The second-order valence-electron chi connectivity index (χ2n) is 6.42. The van der Waals surface area contributed by atoms with Crippen LogP contribution in [-0.4, -0.2) is 42.8 Å². The van der Waals surface area contributed by atoms with Crippen LogP contribution in [0, 0.1) is 5.92 Å². The summed E-state index contributed by atoms with van der Waals surface area (Å²) < 4.78 is 5.80. The Morgan fingerprint density at radius 1 is 1.21 bits per heavy atom. The molecular weight excluding hydrogens is 236 g/mol. The highest BCUT2D eigenvalue weighted by molar-refractivity contribution is 4.90. The SMILES string of the molecule is CCCC1CCC(N)C(N(CC)CC2CCCO2)C1. The molecule has 0 amide bonds. The monoisotopic (exact) mass is 268 g/mol. The van der Waals surface area contributed by atoms with Crippen molar-refractivity contribution in [1.82, 2.24) is 4.90 Å². The Labute approximate surface area is 118 Å². The van der Waals surface area contributed by atoms with Crippen LogP contribution >= 0.6 is 0 Å². The van der Waals surface area contributed by atoms with Gasteiger partial charge in [0.05, 0.1) is 6.10 Å². The quantitative estimate of drug-likeness (QED) is 0.805. The molecule has 1 saturated heterocycles. The summed E-state index contributed by atoms with van der Waals surface area (Å²) in [6, 6.07) is 0.953. The van der Waals surface area contributed by atoms with E-state index in [-0.39, 0.29) is 0 Å². The highest BCUT2D eigenvalue weighted by Gasteiger charge is 2.33. The first-order valence-electron chi connectivity index (χ1n) is 8.35. The summed E-state index contributed by atoms with van der Waals surface area (Å²) in [6.07, 6.45) is 9.45. The van der Waals surface area contributed by atoms with Crippen molar-refractivity contribution in [3.63, 3.8) is 0 Å². The Morgan fingerprint density at radius 3 is 2.68 bits per heavy atom. The summed E-state index contributed by atoms with van der Waals surface area (Å²) in [5, 5.41) is 0. The average molecular weight is 268 g/mol. The highest BCUT2D eigenvalue weighted by Crippen LogP contribution is 2.30. The fourth-order valence-corrected chi connectivity index (χ4v) is 3.89. The third kappa shape index (κ3) is 4.17. The zero-order chi connectivity index (χ0) is 13.7. The minimum atomic E-state index is 0.370. The molecule has 0 bridgehead atoms. The van der Waals surface area contributed by atoms with Gasteiger partial charge in [0.15, 0.2) is 0 Å². The molecule has 1 heterocycles. The molecule has 2 N–H and O–H groups in total. The van der Waals surface area contributed by atoms with Crippen molar-refractivity contribution in [3.05, 3.63) is 0 Å². The van der Waals surface area contributed by atoms with Gasteiger partial charge in [0.25, 0.3) is 0 Å². The van der Waals surface area contributed by atoms with Crippen LogP contribution in [0.1, 0.15) is 58.8 Å². The van der Waals surface area contributed by atoms with Gasteiger partial charge in [-0.2, -0.15) is 0 Å². The molecule has 2 fully saturated rings. The van der Waals surface area contributed by atoms with Crippen LogP contribution in [0.5, 0.6) is 0 Å². The molecule has 0 aromatic heterocycles. The molecule has 1 saturated carbocycles. The van der Waals surface area contributed by atoms with Gasteiger partial charge in [-0.05, 0) is 44.6 Å². The maximum absolute atomic E-state index is 6.41. The van der Waals surface area contributed by atoms with Crippen molar-refractivity contribution in [3.8, 4) is 0 Å². The summed E-state index contributed by atoms with van der Waals surface area (Å²) in [6.45, 7) is 7.72. The van der Waals surface area contributed by atoms with E-state index in [1.165, 1.54) is 44.9 Å². The van der Waals surface area contributed by atoms with Crippen molar-refractivity contribution in [2.45, 2.75) is 77.0 Å². The Kier molecular flexibility index (Phi) is 6.11. The van der Waals surface area contributed by atoms with Crippen LogP contribution in [0.4, 0.5) is 0 Å². The van der Waals surface area contributed by atoms with Gasteiger partial charge in [0.2, 0.25) is 0 Å². The van der Waals surface area contributed by atoms with E-state index in [9.17, 15) is 0 Å². The van der Waals surface area contributed by atoms with Gasteiger partial charge in [0.1, 0.15) is 0 Å². The Bertz CT molecular complexity index is 253. The lowest BCUT2D eigenvalue weighted by Crippen LogP contribution is -2.53. The van der Waals surface area contributed by atoms with Crippen molar-refractivity contribution >= 4 is 0 Å². The molecule has 2 aliphatic rings. The molecule has 1 aliphatic carbocycles. The molecule has 4 atom stereocenters. The lowest BCUT2D eigenvalue weighted by Gasteiger charge is -2.41. The number of rotatable bonds is 6. The topological polar surface area (TPSA) is 38.5 Å². The van der Waals surface area contributed by atoms with E-state index in [1.54, 1.807) is 0 Å². The van der Waals surface area contributed by atoms with E-state index >= 15 is 0 Å². The van der Waals surface area contributed by atoms with E-state index in [0.717, 1.165) is 25.6 Å². The molecule has 4 unspecified atom stereocenters. The maximum atomic E-state index is 6.41. The molecule has 2 rings (SSSR count). The number of hydrogen-bond donors (Lipinski definition) is 1. The van der Waals surface area contributed by atoms with Gasteiger partial charge in [-0.3, -0.25) is 4.90 Å². The van der Waals surface area contributed by atoms with Crippen LogP contribution in [0.2, 0.25) is 0 Å². The number of hydrogen-bond acceptors (Lipinski definition) is 3. The van der Waals surface area contributed by atoms with Gasteiger partial charge < -0.3 is 10.5 Å². The van der Waals surface area contributed by atoms with Crippen molar-refractivity contribution in [1.29, 1.82) is 0 Å². The van der Waals surface area contributed by atoms with Crippen LogP contribution in [0.3, 0.4) is 0 Å². The van der Waals surface area contributed by atoms with Gasteiger partial charge >= 0.3 is 0 Å². The normalized spacial score (nSPS) is 36.0. The fraction of sp³-hybridized carbons (Fsp3) is 1.00. The van der Waals surface area contributed by atoms with Crippen LogP contribution in [-0.2, 0) is 4.74 Å². The van der Waals surface area contributed by atoms with Gasteiger partial charge in [0, 0.05) is 25.2 Å². The predicted molar refractivity (Wildman–Crippen MR) is 80.2 cm³/mol. The smallest absolute Gasteiger partial charge is 0.0702 e. The minimum absolute atomic E-state index is 0.370. The van der Waals surface area contributed by atoms with E-state index in [1.807, 2.05) is 0 Å². The number of nitrogens with zero attached hydrogens (tertiary/aromatic N) is 1. The van der Waals surface area contributed by atoms with E-state index in [4.69, 9.17) is 10.5 Å². The third-order valence-corrected chi connectivity index (χ3v) is 5.01. The lowest BCUT2D eigenvalue weighted by atomic mass is 9.79. The summed E-state index contributed by atoms with van der Waals surface area (Å²) in [7, 11) is 0. The maximum Gasteiger partial charge on any atom is 0.0702 e. The molecular formula is C16H32N2O. The summed E-state index contributed by atoms with van der Waals surface area (Å²) >= 11 is 0. The second kappa shape index (κ2) is 7.61. The molecule has 19 heavy (non-hydrogen) atoms. The van der Waals surface area contributed by atoms with E-state index in [0.29, 0.717) is 18.2 Å². The zero-order valence-electron chi connectivity index (χ0n) is 12.8. The minimum Gasteiger partial charge on any atom is -0.377 e. The van der Waals surface area contributed by atoms with Crippen LogP contribution < -0.4 is 5.73 Å². The van der Waals surface area contributed by atoms with Crippen LogP contribution in [0.15, 0.2) is 0 Å². The zero-order valence-corrected chi connectivity index (χ0v) is 12.8. The Balaban J connectivity index is 1.90. The molecule has 0 spiro atoms. The first-order chi connectivity index (χ1) is 9.24. The number of likely N-dealkylation sites (N-methyl/N-ethyl adjacent to an activating group) is 1. The molecule has 1 aliphatic heterocycles. The fourth-order valence-electron chi connectivity index (χ4n) is 3.89. The van der Waals surface area contributed by atoms with Crippen molar-refractivity contribution in [2.24, 2.45) is 11.7 Å². The van der Waals surface area contributed by atoms with Crippen molar-refractivity contribution in [2.75, 3.05) is 19.7 Å². The molecule has 3 nitrogen and oxygen atoms in total. The Morgan fingerprint density at radius 2 is 2.05 bits per heavy atom. The average Bonchev–Trinajstić information content (AvgIpc) is 2.92. The first kappa shape index (κ1) is 15.3. The summed E-state index contributed by atoms with van der Waals surface area (Å²) in [4.78, 5) is 2.60. The van der Waals surface area contributed by atoms with Gasteiger partial charge in [-0.25, -0.2) is 0 Å². The Hall–Kier alpha value is -0.120. The lowest BCUT2D eigenvalue weighted by molar-refractivity contribution is 0.0380. The van der Waals surface area contributed by atoms with Crippen molar-refractivity contribution < 1.29 is 4.74 Å². The second-order valence-corrected chi connectivity index (χ2v) is 6.42. The van der Waals surface area contributed by atoms with Gasteiger partial charge in [-0.15, -0.1) is 0 Å². The van der Waals surface area contributed by atoms with E-state index < -0.39 is 0 Å². The molecule has 3 heteroatoms. The number of ether oxygens (including phenoxy) is 1. The van der Waals surface area contributed by atoms with Gasteiger partial charge in [-0.1, -0.05) is 26.7 Å². The third-order valence-electron chi connectivity index (χ3n) is 5.01. The largest absolute Gasteiger partial charge is 0.377 e. The molecule has 0 radical (unpaired) electrons. The molecule has 112 valence electrons. The highest BCUT2D eigenvalue weighted by atomic mass is 16.5.